The molecule has 0 atom stereocenters. The highest BCUT2D eigenvalue weighted by molar-refractivity contribution is 7.98. The van der Waals surface area contributed by atoms with Crippen molar-refractivity contribution in [3.8, 4) is 28.8 Å². The first kappa shape index (κ1) is 13.5. The number of ether oxygens (including phenoxy) is 2. The Morgan fingerprint density at radius 1 is 1.43 bits per heavy atom. The van der Waals surface area contributed by atoms with E-state index in [9.17, 15) is 9.18 Å². The van der Waals surface area contributed by atoms with Gasteiger partial charge in [-0.2, -0.15) is 5.26 Å². The zero-order valence-corrected chi connectivity index (χ0v) is 11.6. The van der Waals surface area contributed by atoms with Crippen LogP contribution in [0.1, 0.15) is 5.56 Å². The number of H-pyrrole nitrogens is 1. The van der Waals surface area contributed by atoms with Gasteiger partial charge in [0.15, 0.2) is 16.7 Å². The second kappa shape index (κ2) is 5.10. The number of nitrogens with zero attached hydrogens (tertiary/aromatic N) is 2. The SMILES string of the molecule is CSc1nc(-c2cc3c(cc2F)OCO3)c(C#N)c(=O)[nH]1. The molecule has 1 aromatic heterocycles. The van der Waals surface area contributed by atoms with Gasteiger partial charge in [0, 0.05) is 11.6 Å². The fraction of sp³-hybridized carbons (Fsp3) is 0.154. The minimum Gasteiger partial charge on any atom is -0.454 e. The summed E-state index contributed by atoms with van der Waals surface area (Å²) in [6.45, 7) is 0.00218. The molecule has 3 rings (SSSR count). The van der Waals surface area contributed by atoms with Crippen molar-refractivity contribution in [2.75, 3.05) is 13.0 Å². The zero-order chi connectivity index (χ0) is 15.0. The summed E-state index contributed by atoms with van der Waals surface area (Å²) < 4.78 is 24.5. The second-order valence-corrected chi connectivity index (χ2v) is 4.89. The molecule has 1 aliphatic heterocycles. The van der Waals surface area contributed by atoms with Crippen LogP contribution in [0.4, 0.5) is 4.39 Å². The maximum absolute atomic E-state index is 14.2. The molecule has 1 N–H and O–H groups in total. The van der Waals surface area contributed by atoms with E-state index >= 15 is 0 Å². The molecule has 8 heteroatoms. The number of hydrogen-bond acceptors (Lipinski definition) is 6. The maximum Gasteiger partial charge on any atom is 0.270 e. The van der Waals surface area contributed by atoms with E-state index in [1.165, 1.54) is 17.8 Å². The minimum absolute atomic E-state index is 0.00218. The molecule has 2 aromatic rings. The molecular weight excluding hydrogens is 297 g/mol. The summed E-state index contributed by atoms with van der Waals surface area (Å²) in [4.78, 5) is 18.4. The van der Waals surface area contributed by atoms with Crippen LogP contribution in [0.25, 0.3) is 11.3 Å². The molecule has 0 unspecified atom stereocenters. The minimum atomic E-state index is -0.638. The Hall–Kier alpha value is -2.53. The first-order chi connectivity index (χ1) is 10.1. The second-order valence-electron chi connectivity index (χ2n) is 4.10. The van der Waals surface area contributed by atoms with Crippen LogP contribution in [0.2, 0.25) is 0 Å². The van der Waals surface area contributed by atoms with Crippen LogP contribution in [-0.2, 0) is 0 Å². The third kappa shape index (κ3) is 2.21. The summed E-state index contributed by atoms with van der Waals surface area (Å²) in [5, 5.41) is 9.41. The Bertz CT molecular complexity index is 829. The molecule has 21 heavy (non-hydrogen) atoms. The van der Waals surface area contributed by atoms with Crippen LogP contribution < -0.4 is 15.0 Å². The van der Waals surface area contributed by atoms with Crippen LogP contribution in [0, 0.1) is 17.1 Å². The average Bonchev–Trinajstić information content (AvgIpc) is 2.92. The van der Waals surface area contributed by atoms with Gasteiger partial charge in [0.05, 0.1) is 5.69 Å². The fourth-order valence-electron chi connectivity index (χ4n) is 1.95. The van der Waals surface area contributed by atoms with Crippen molar-refractivity contribution >= 4 is 11.8 Å². The van der Waals surface area contributed by atoms with Crippen LogP contribution in [0.3, 0.4) is 0 Å². The average molecular weight is 305 g/mol. The molecule has 0 saturated carbocycles. The van der Waals surface area contributed by atoms with E-state index in [4.69, 9.17) is 14.7 Å². The Labute approximate surface area is 122 Å². The standard InChI is InChI=1S/C13H8FN3O3S/c1-21-13-16-11(7(4-15)12(18)17-13)6-2-9-10(3-8(6)14)20-5-19-9/h2-3H,5H2,1H3,(H,16,17,18). The van der Waals surface area contributed by atoms with Gasteiger partial charge in [0.25, 0.3) is 5.56 Å². The van der Waals surface area contributed by atoms with Crippen molar-refractivity contribution in [1.82, 2.24) is 9.97 Å². The Morgan fingerprint density at radius 2 is 2.14 bits per heavy atom. The highest BCUT2D eigenvalue weighted by Crippen LogP contribution is 2.38. The molecule has 0 spiro atoms. The molecule has 0 radical (unpaired) electrons. The highest BCUT2D eigenvalue weighted by Gasteiger charge is 2.22. The van der Waals surface area contributed by atoms with Gasteiger partial charge in [0.1, 0.15) is 17.4 Å². The number of benzene rings is 1. The lowest BCUT2D eigenvalue weighted by molar-refractivity contribution is 0.174. The predicted octanol–water partition coefficient (Wildman–Crippen LogP) is 1.90. The number of aromatic amines is 1. The van der Waals surface area contributed by atoms with Crippen molar-refractivity contribution in [2.24, 2.45) is 0 Å². The number of halogens is 1. The van der Waals surface area contributed by atoms with Crippen LogP contribution >= 0.6 is 11.8 Å². The van der Waals surface area contributed by atoms with Gasteiger partial charge in [0.2, 0.25) is 6.79 Å². The van der Waals surface area contributed by atoms with Crippen molar-refractivity contribution in [1.29, 1.82) is 5.26 Å². The summed E-state index contributed by atoms with van der Waals surface area (Å²) in [5.41, 5.74) is -0.840. The van der Waals surface area contributed by atoms with Gasteiger partial charge in [-0.15, -0.1) is 0 Å². The van der Waals surface area contributed by atoms with Crippen LogP contribution in [-0.4, -0.2) is 23.0 Å². The predicted molar refractivity (Wildman–Crippen MR) is 72.9 cm³/mol. The molecule has 0 amide bonds. The Kier molecular flexibility index (Phi) is 3.27. The van der Waals surface area contributed by atoms with E-state index in [1.54, 1.807) is 12.3 Å². The maximum atomic E-state index is 14.2. The topological polar surface area (TPSA) is 88.0 Å². The van der Waals surface area contributed by atoms with E-state index in [0.29, 0.717) is 10.9 Å². The van der Waals surface area contributed by atoms with Crippen LogP contribution in [0.5, 0.6) is 11.5 Å². The largest absolute Gasteiger partial charge is 0.454 e. The molecule has 0 fully saturated rings. The molecule has 6 nitrogen and oxygen atoms in total. The van der Waals surface area contributed by atoms with E-state index in [-0.39, 0.29) is 29.4 Å². The summed E-state index contributed by atoms with van der Waals surface area (Å²) in [5.74, 6) is -0.00587. The van der Waals surface area contributed by atoms with E-state index in [0.717, 1.165) is 6.07 Å². The lowest BCUT2D eigenvalue weighted by atomic mass is 10.1. The third-order valence-corrected chi connectivity index (χ3v) is 3.50. The molecule has 1 aromatic carbocycles. The summed E-state index contributed by atoms with van der Waals surface area (Å²) >= 11 is 1.19. The lowest BCUT2D eigenvalue weighted by Crippen LogP contribution is -2.15. The number of rotatable bonds is 2. The molecule has 2 heterocycles. The molecule has 0 bridgehead atoms. The van der Waals surface area contributed by atoms with Gasteiger partial charge < -0.3 is 14.5 Å². The van der Waals surface area contributed by atoms with Gasteiger partial charge >= 0.3 is 0 Å². The Balaban J connectivity index is 2.28. The molecule has 106 valence electrons. The summed E-state index contributed by atoms with van der Waals surface area (Å²) in [6.07, 6.45) is 1.71. The normalized spacial score (nSPS) is 12.2. The number of fused-ring (bicyclic) bond motifs is 1. The number of aromatic nitrogens is 2. The van der Waals surface area contributed by atoms with Crippen molar-refractivity contribution < 1.29 is 13.9 Å². The quantitative estimate of drug-likeness (QED) is 0.673. The first-order valence-corrected chi connectivity index (χ1v) is 7.04. The van der Waals surface area contributed by atoms with Gasteiger partial charge in [-0.25, -0.2) is 9.37 Å². The Morgan fingerprint density at radius 3 is 2.81 bits per heavy atom. The monoisotopic (exact) mass is 305 g/mol. The highest BCUT2D eigenvalue weighted by atomic mass is 32.2. The summed E-state index contributed by atoms with van der Waals surface area (Å²) in [6, 6.07) is 4.29. The molecule has 0 saturated heterocycles. The van der Waals surface area contributed by atoms with Gasteiger partial charge in [-0.05, 0) is 12.3 Å². The van der Waals surface area contributed by atoms with Gasteiger partial charge in [-0.3, -0.25) is 4.79 Å². The molecule has 0 aliphatic carbocycles. The first-order valence-electron chi connectivity index (χ1n) is 5.82. The van der Waals surface area contributed by atoms with E-state index < -0.39 is 11.4 Å². The van der Waals surface area contributed by atoms with Crippen molar-refractivity contribution in [2.45, 2.75) is 5.16 Å². The zero-order valence-electron chi connectivity index (χ0n) is 10.8. The number of hydrogen-bond donors (Lipinski definition) is 1. The van der Waals surface area contributed by atoms with Crippen molar-refractivity contribution in [3.05, 3.63) is 33.9 Å². The molecule has 1 aliphatic rings. The van der Waals surface area contributed by atoms with Crippen LogP contribution in [0.15, 0.2) is 22.1 Å². The van der Waals surface area contributed by atoms with E-state index in [1.807, 2.05) is 0 Å². The smallest absolute Gasteiger partial charge is 0.270 e. The summed E-state index contributed by atoms with van der Waals surface area (Å²) in [7, 11) is 0. The lowest BCUT2D eigenvalue weighted by Gasteiger charge is -2.07. The van der Waals surface area contributed by atoms with Crippen molar-refractivity contribution in [3.63, 3.8) is 0 Å². The number of nitriles is 1. The fourth-order valence-corrected chi connectivity index (χ4v) is 2.32. The number of nitrogens with one attached hydrogen (secondary N) is 1. The third-order valence-electron chi connectivity index (χ3n) is 2.92. The van der Waals surface area contributed by atoms with E-state index in [2.05, 4.69) is 9.97 Å². The molecular formula is C13H8FN3O3S. The number of thioether (sulfide) groups is 1. The van der Waals surface area contributed by atoms with Gasteiger partial charge in [-0.1, -0.05) is 11.8 Å².